The smallest absolute Gasteiger partial charge is 0.0721 e. The highest BCUT2D eigenvalue weighted by atomic mass is 16.5. The van der Waals surface area contributed by atoms with E-state index in [9.17, 15) is 0 Å². The van der Waals surface area contributed by atoms with Gasteiger partial charge in [0.05, 0.1) is 13.2 Å². The predicted octanol–water partition coefficient (Wildman–Crippen LogP) is 7.80. The van der Waals surface area contributed by atoms with Crippen LogP contribution in [0, 0.1) is 5.92 Å². The van der Waals surface area contributed by atoms with Crippen molar-refractivity contribution in [2.45, 2.75) is 71.3 Å². The lowest BCUT2D eigenvalue weighted by Crippen LogP contribution is -2.12. The van der Waals surface area contributed by atoms with Gasteiger partial charge in [0, 0.05) is 0 Å². The molecule has 1 aliphatic carbocycles. The largest absolute Gasteiger partial charge is 0.373 e. The van der Waals surface area contributed by atoms with Gasteiger partial charge in [-0.25, -0.2) is 0 Å². The normalized spacial score (nSPS) is 19.7. The molecule has 1 heteroatoms. The second-order valence-corrected chi connectivity index (χ2v) is 8.66. The lowest BCUT2D eigenvalue weighted by atomic mass is 9.77. The summed E-state index contributed by atoms with van der Waals surface area (Å²) in [6.45, 7) is 5.52. The molecule has 0 unspecified atom stereocenters. The van der Waals surface area contributed by atoms with Gasteiger partial charge in [0.15, 0.2) is 0 Å². The zero-order valence-corrected chi connectivity index (χ0v) is 18.9. The first-order valence-electron chi connectivity index (χ1n) is 11.7. The Hall–Kier alpha value is -2.12. The number of allylic oxidation sites excluding steroid dienone is 3. The van der Waals surface area contributed by atoms with Crippen LogP contribution in [0.2, 0.25) is 0 Å². The van der Waals surface area contributed by atoms with E-state index < -0.39 is 0 Å². The molecule has 1 aliphatic rings. The summed E-state index contributed by atoms with van der Waals surface area (Å²) in [4.78, 5) is 0. The van der Waals surface area contributed by atoms with Crippen molar-refractivity contribution in [3.63, 3.8) is 0 Å². The fraction of sp³-hybridized carbons (Fsp3) is 0.448. The number of ether oxygens (including phenoxy) is 1. The highest BCUT2D eigenvalue weighted by Crippen LogP contribution is 2.37. The molecule has 2 aromatic rings. The Balaban J connectivity index is 1.42. The van der Waals surface area contributed by atoms with Crippen molar-refractivity contribution in [1.82, 2.24) is 0 Å². The van der Waals surface area contributed by atoms with Crippen LogP contribution in [0.3, 0.4) is 0 Å². The summed E-state index contributed by atoms with van der Waals surface area (Å²) in [5.74, 6) is 1.67. The van der Waals surface area contributed by atoms with Gasteiger partial charge >= 0.3 is 0 Å². The first-order chi connectivity index (χ1) is 14.8. The van der Waals surface area contributed by atoms with E-state index >= 15 is 0 Å². The fourth-order valence-corrected chi connectivity index (χ4v) is 4.45. The van der Waals surface area contributed by atoms with Gasteiger partial charge in [-0.3, -0.25) is 0 Å². The minimum absolute atomic E-state index is 0.684. The number of hydrogen-bond acceptors (Lipinski definition) is 1. The van der Waals surface area contributed by atoms with Crippen molar-refractivity contribution < 1.29 is 4.74 Å². The average molecular weight is 403 g/mol. The molecule has 0 atom stereocenters. The number of rotatable bonds is 10. The molecule has 160 valence electrons. The minimum Gasteiger partial charge on any atom is -0.373 e. The second kappa shape index (κ2) is 12.5. The van der Waals surface area contributed by atoms with Crippen LogP contribution in [-0.4, -0.2) is 6.61 Å². The van der Waals surface area contributed by atoms with Crippen LogP contribution in [0.15, 0.2) is 72.8 Å². The quantitative estimate of drug-likeness (QED) is 0.291. The molecule has 1 saturated carbocycles. The molecule has 0 radical (unpaired) electrons. The number of hydrogen-bond donors (Lipinski definition) is 0. The molecular formula is C29H38O. The molecule has 30 heavy (non-hydrogen) atoms. The molecule has 0 heterocycles. The summed E-state index contributed by atoms with van der Waals surface area (Å²) in [6.07, 6.45) is 17.5. The standard InChI is InChI=1S/C29H38O/c1-3-5-7-24-14-18-28(19-15-24)29-20-16-26(17-21-29)9-8-25-10-12-27(13-11-25)23-30-22-6-4-2/h3-6,10-13,16-17,20-21,24,28H,7-9,14-15,18-19,22-23H2,1-2H3/b5-3+,6-4+. The molecule has 2 aromatic carbocycles. The maximum atomic E-state index is 5.62. The highest BCUT2D eigenvalue weighted by molar-refractivity contribution is 5.28. The topological polar surface area (TPSA) is 9.23 Å². The van der Waals surface area contributed by atoms with E-state index in [-0.39, 0.29) is 0 Å². The van der Waals surface area contributed by atoms with Gasteiger partial charge < -0.3 is 4.74 Å². The van der Waals surface area contributed by atoms with Crippen LogP contribution in [0.1, 0.15) is 74.1 Å². The molecule has 0 spiro atoms. The van der Waals surface area contributed by atoms with E-state index in [0.717, 1.165) is 24.7 Å². The predicted molar refractivity (Wildman–Crippen MR) is 129 cm³/mol. The number of benzene rings is 2. The lowest BCUT2D eigenvalue weighted by molar-refractivity contribution is 0.148. The average Bonchev–Trinajstić information content (AvgIpc) is 2.81. The molecule has 0 amide bonds. The minimum atomic E-state index is 0.684. The zero-order chi connectivity index (χ0) is 21.0. The van der Waals surface area contributed by atoms with Crippen molar-refractivity contribution in [1.29, 1.82) is 0 Å². The van der Waals surface area contributed by atoms with Crippen molar-refractivity contribution in [2.75, 3.05) is 6.61 Å². The Labute approximate surface area is 183 Å². The van der Waals surface area contributed by atoms with Gasteiger partial charge in [-0.05, 0) is 92.9 Å². The molecule has 0 saturated heterocycles. The lowest BCUT2D eigenvalue weighted by Gasteiger charge is -2.28. The second-order valence-electron chi connectivity index (χ2n) is 8.66. The first-order valence-corrected chi connectivity index (χ1v) is 11.7. The Bertz CT molecular complexity index is 774. The van der Waals surface area contributed by atoms with Crippen LogP contribution in [0.5, 0.6) is 0 Å². The maximum Gasteiger partial charge on any atom is 0.0721 e. The van der Waals surface area contributed by atoms with Crippen molar-refractivity contribution in [3.05, 3.63) is 95.1 Å². The third kappa shape index (κ3) is 7.29. The SMILES string of the molecule is C/C=C/COCc1ccc(CCc2ccc(C3CCC(C/C=C/C)CC3)cc2)cc1. The third-order valence-electron chi connectivity index (χ3n) is 6.45. The van der Waals surface area contributed by atoms with Crippen molar-refractivity contribution >= 4 is 0 Å². The van der Waals surface area contributed by atoms with Gasteiger partial charge in [-0.1, -0.05) is 72.8 Å². The van der Waals surface area contributed by atoms with Crippen LogP contribution in [-0.2, 0) is 24.2 Å². The molecule has 1 fully saturated rings. The summed E-state index contributed by atoms with van der Waals surface area (Å²) < 4.78 is 5.62. The Kier molecular flexibility index (Phi) is 9.44. The molecular weight excluding hydrogens is 364 g/mol. The van der Waals surface area contributed by atoms with Crippen LogP contribution >= 0.6 is 0 Å². The fourth-order valence-electron chi connectivity index (χ4n) is 4.45. The van der Waals surface area contributed by atoms with E-state index in [1.807, 2.05) is 19.1 Å². The molecule has 3 rings (SSSR count). The summed E-state index contributed by atoms with van der Waals surface area (Å²) in [5.41, 5.74) is 5.63. The monoisotopic (exact) mass is 402 g/mol. The molecule has 0 N–H and O–H groups in total. The summed E-state index contributed by atoms with van der Waals surface area (Å²) in [7, 11) is 0. The van der Waals surface area contributed by atoms with E-state index in [1.165, 1.54) is 48.8 Å². The summed E-state index contributed by atoms with van der Waals surface area (Å²) in [6, 6.07) is 18.4. The van der Waals surface area contributed by atoms with E-state index in [2.05, 4.69) is 67.6 Å². The Morgan fingerprint density at radius 2 is 1.30 bits per heavy atom. The molecule has 0 aromatic heterocycles. The van der Waals surface area contributed by atoms with Gasteiger partial charge in [0.2, 0.25) is 0 Å². The molecule has 0 aliphatic heterocycles. The van der Waals surface area contributed by atoms with Crippen molar-refractivity contribution in [2.24, 2.45) is 5.92 Å². The van der Waals surface area contributed by atoms with Gasteiger partial charge in [-0.15, -0.1) is 0 Å². The molecule has 1 nitrogen and oxygen atoms in total. The van der Waals surface area contributed by atoms with E-state index in [4.69, 9.17) is 4.74 Å². The van der Waals surface area contributed by atoms with Crippen LogP contribution in [0.4, 0.5) is 0 Å². The van der Waals surface area contributed by atoms with E-state index in [0.29, 0.717) is 13.2 Å². The summed E-state index contributed by atoms with van der Waals surface area (Å²) >= 11 is 0. The zero-order valence-electron chi connectivity index (χ0n) is 18.9. The summed E-state index contributed by atoms with van der Waals surface area (Å²) in [5, 5.41) is 0. The van der Waals surface area contributed by atoms with Gasteiger partial charge in [0.25, 0.3) is 0 Å². The number of aryl methyl sites for hydroxylation is 2. The maximum absolute atomic E-state index is 5.62. The first kappa shape index (κ1) is 22.6. The van der Waals surface area contributed by atoms with Crippen molar-refractivity contribution in [3.8, 4) is 0 Å². The van der Waals surface area contributed by atoms with E-state index in [1.54, 1.807) is 5.56 Å². The third-order valence-corrected chi connectivity index (χ3v) is 6.45. The van der Waals surface area contributed by atoms with Gasteiger partial charge in [-0.2, -0.15) is 0 Å². The van der Waals surface area contributed by atoms with Gasteiger partial charge in [0.1, 0.15) is 0 Å². The highest BCUT2D eigenvalue weighted by Gasteiger charge is 2.21. The molecule has 0 bridgehead atoms. The Morgan fingerprint density at radius 1 is 0.733 bits per heavy atom. The van der Waals surface area contributed by atoms with Crippen LogP contribution in [0.25, 0.3) is 0 Å². The Morgan fingerprint density at radius 3 is 1.90 bits per heavy atom. The van der Waals surface area contributed by atoms with Crippen LogP contribution < -0.4 is 0 Å².